The van der Waals surface area contributed by atoms with Crippen LogP contribution in [0.2, 0.25) is 0 Å². The van der Waals surface area contributed by atoms with Crippen molar-refractivity contribution in [2.24, 2.45) is 7.05 Å². The molecule has 18 heavy (non-hydrogen) atoms. The first-order valence-electron chi connectivity index (χ1n) is 5.31. The zero-order valence-electron chi connectivity index (χ0n) is 10.4. The van der Waals surface area contributed by atoms with Gasteiger partial charge in [0.2, 0.25) is 0 Å². The third kappa shape index (κ3) is 1.92. The molecule has 0 amide bonds. The maximum absolute atomic E-state index is 10.3. The number of aryl methyl sites for hydroxylation is 2. The van der Waals surface area contributed by atoms with Gasteiger partial charge in [-0.2, -0.15) is 5.10 Å². The summed E-state index contributed by atoms with van der Waals surface area (Å²) in [5, 5.41) is 14.5. The number of nitrogen functional groups attached to an aromatic ring is 1. The van der Waals surface area contributed by atoms with Gasteiger partial charge in [-0.15, -0.1) is 0 Å². The van der Waals surface area contributed by atoms with E-state index in [2.05, 4.69) is 21.0 Å². The lowest BCUT2D eigenvalue weighted by Gasteiger charge is -2.12. The van der Waals surface area contributed by atoms with Gasteiger partial charge < -0.3 is 15.6 Å². The molecule has 0 radical (unpaired) electrons. The first kappa shape index (κ1) is 12.8. The first-order chi connectivity index (χ1) is 8.45. The lowest BCUT2D eigenvalue weighted by Crippen LogP contribution is -1.97. The largest absolute Gasteiger partial charge is 0.504 e. The molecule has 5 nitrogen and oxygen atoms in total. The van der Waals surface area contributed by atoms with Crippen LogP contribution in [-0.2, 0) is 7.05 Å². The van der Waals surface area contributed by atoms with Gasteiger partial charge in [-0.1, -0.05) is 0 Å². The molecule has 6 heteroatoms. The van der Waals surface area contributed by atoms with Gasteiger partial charge in [-0.3, -0.25) is 4.68 Å². The van der Waals surface area contributed by atoms with Gasteiger partial charge in [0.1, 0.15) is 5.82 Å². The number of rotatable bonds is 2. The van der Waals surface area contributed by atoms with Gasteiger partial charge in [0.25, 0.3) is 0 Å². The van der Waals surface area contributed by atoms with Crippen molar-refractivity contribution in [3.05, 3.63) is 22.2 Å². The number of halogens is 1. The van der Waals surface area contributed by atoms with Crippen LogP contribution >= 0.6 is 15.9 Å². The van der Waals surface area contributed by atoms with E-state index in [9.17, 15) is 5.11 Å². The number of aromatic hydroxyl groups is 1. The quantitative estimate of drug-likeness (QED) is 0.893. The van der Waals surface area contributed by atoms with Crippen LogP contribution in [0.15, 0.2) is 16.6 Å². The Morgan fingerprint density at radius 2 is 2.11 bits per heavy atom. The maximum atomic E-state index is 10.3. The Morgan fingerprint density at radius 3 is 2.61 bits per heavy atom. The molecule has 0 aliphatic rings. The molecule has 0 unspecified atom stereocenters. The van der Waals surface area contributed by atoms with E-state index >= 15 is 0 Å². The van der Waals surface area contributed by atoms with Crippen LogP contribution in [0.4, 0.5) is 5.82 Å². The fourth-order valence-electron chi connectivity index (χ4n) is 1.86. The predicted octanol–water partition coefficient (Wildman–Crippen LogP) is 2.45. The molecule has 1 aromatic heterocycles. The molecule has 0 aliphatic heterocycles. The fourth-order valence-corrected chi connectivity index (χ4v) is 2.56. The Labute approximate surface area is 113 Å². The fraction of sp³-hybridized carbons (Fsp3) is 0.250. The zero-order chi connectivity index (χ0) is 13.4. The van der Waals surface area contributed by atoms with E-state index in [-0.39, 0.29) is 5.75 Å². The van der Waals surface area contributed by atoms with Crippen molar-refractivity contribution >= 4 is 21.7 Å². The summed E-state index contributed by atoms with van der Waals surface area (Å²) in [5.74, 6) is 0.980. The van der Waals surface area contributed by atoms with Crippen molar-refractivity contribution in [1.29, 1.82) is 0 Å². The summed E-state index contributed by atoms with van der Waals surface area (Å²) in [6.07, 6.45) is 0. The Balaban J connectivity index is 2.71. The number of hydrogen-bond acceptors (Lipinski definition) is 4. The molecule has 1 heterocycles. The van der Waals surface area contributed by atoms with Crippen molar-refractivity contribution < 1.29 is 9.84 Å². The number of benzene rings is 1. The molecular weight excluding hydrogens is 298 g/mol. The molecular formula is C12H14BrN3O2. The smallest absolute Gasteiger partial charge is 0.175 e. The highest BCUT2D eigenvalue weighted by Gasteiger charge is 2.19. The average Bonchev–Trinajstić information content (AvgIpc) is 2.58. The normalized spacial score (nSPS) is 10.7. The Hall–Kier alpha value is -1.69. The lowest BCUT2D eigenvalue weighted by molar-refractivity contribution is 0.372. The molecule has 0 saturated heterocycles. The van der Waals surface area contributed by atoms with Crippen molar-refractivity contribution in [3.63, 3.8) is 0 Å². The van der Waals surface area contributed by atoms with Crippen LogP contribution in [0.5, 0.6) is 11.5 Å². The third-order valence-corrected chi connectivity index (χ3v) is 3.37. The van der Waals surface area contributed by atoms with E-state index in [1.807, 2.05) is 13.0 Å². The summed E-state index contributed by atoms with van der Waals surface area (Å²) in [6.45, 7) is 1.89. The number of phenolic OH excluding ortho intramolecular Hbond substituents is 1. The molecule has 2 aromatic rings. The molecule has 0 bridgehead atoms. The van der Waals surface area contributed by atoms with Crippen LogP contribution in [0, 0.1) is 6.92 Å². The minimum Gasteiger partial charge on any atom is -0.504 e. The van der Waals surface area contributed by atoms with Crippen LogP contribution in [-0.4, -0.2) is 22.0 Å². The monoisotopic (exact) mass is 311 g/mol. The van der Waals surface area contributed by atoms with Crippen LogP contribution in [0.25, 0.3) is 11.3 Å². The molecule has 0 spiro atoms. The van der Waals surface area contributed by atoms with E-state index in [0.29, 0.717) is 27.3 Å². The van der Waals surface area contributed by atoms with Gasteiger partial charge in [0, 0.05) is 13.1 Å². The van der Waals surface area contributed by atoms with E-state index < -0.39 is 0 Å². The highest BCUT2D eigenvalue weighted by molar-refractivity contribution is 9.10. The van der Waals surface area contributed by atoms with Crippen molar-refractivity contribution in [2.45, 2.75) is 6.92 Å². The highest BCUT2D eigenvalue weighted by Crippen LogP contribution is 2.44. The predicted molar refractivity (Wildman–Crippen MR) is 73.7 cm³/mol. The maximum Gasteiger partial charge on any atom is 0.175 e. The summed E-state index contributed by atoms with van der Waals surface area (Å²) in [4.78, 5) is 0. The van der Waals surface area contributed by atoms with Gasteiger partial charge in [0.05, 0.1) is 22.8 Å². The third-order valence-electron chi connectivity index (χ3n) is 2.78. The minimum atomic E-state index is 0.0578. The van der Waals surface area contributed by atoms with Crippen LogP contribution < -0.4 is 10.5 Å². The lowest BCUT2D eigenvalue weighted by atomic mass is 10.0. The number of hydrogen-bond donors (Lipinski definition) is 2. The average molecular weight is 312 g/mol. The molecule has 0 aliphatic carbocycles. The SMILES string of the molecule is COc1c(Br)cc(C)c(-c2cc(N)n(C)n2)c1O. The molecule has 0 saturated carbocycles. The van der Waals surface area contributed by atoms with Crippen LogP contribution in [0.3, 0.4) is 0 Å². The van der Waals surface area contributed by atoms with E-state index in [0.717, 1.165) is 5.56 Å². The Kier molecular flexibility index (Phi) is 3.21. The van der Waals surface area contributed by atoms with Gasteiger partial charge in [0.15, 0.2) is 11.5 Å². The van der Waals surface area contributed by atoms with E-state index in [1.165, 1.54) is 7.11 Å². The molecule has 0 atom stereocenters. The summed E-state index contributed by atoms with van der Waals surface area (Å²) in [6, 6.07) is 3.59. The number of nitrogens with zero attached hydrogens (tertiary/aromatic N) is 2. The summed E-state index contributed by atoms with van der Waals surface area (Å²) >= 11 is 3.35. The van der Waals surface area contributed by atoms with E-state index in [4.69, 9.17) is 10.5 Å². The second-order valence-corrected chi connectivity index (χ2v) is 4.86. The first-order valence-corrected chi connectivity index (χ1v) is 6.11. The second kappa shape index (κ2) is 4.53. The van der Waals surface area contributed by atoms with Crippen molar-refractivity contribution in [2.75, 3.05) is 12.8 Å². The Morgan fingerprint density at radius 1 is 1.44 bits per heavy atom. The highest BCUT2D eigenvalue weighted by atomic mass is 79.9. The van der Waals surface area contributed by atoms with Crippen LogP contribution in [0.1, 0.15) is 5.56 Å². The summed E-state index contributed by atoms with van der Waals surface area (Å²) in [7, 11) is 3.26. The molecule has 3 N–H and O–H groups in total. The molecule has 2 rings (SSSR count). The van der Waals surface area contributed by atoms with Gasteiger partial charge in [-0.25, -0.2) is 0 Å². The number of methoxy groups -OCH3 is 1. The van der Waals surface area contributed by atoms with Gasteiger partial charge >= 0.3 is 0 Å². The molecule has 0 fully saturated rings. The standard InChI is InChI=1S/C12H14BrN3O2/c1-6-4-7(13)12(18-3)11(17)10(6)8-5-9(14)16(2)15-8/h4-5,17H,14H2,1-3H3. The Bertz CT molecular complexity index is 588. The molecule has 1 aromatic carbocycles. The van der Waals surface area contributed by atoms with Crippen molar-refractivity contribution in [3.8, 4) is 22.8 Å². The second-order valence-electron chi connectivity index (χ2n) is 4.01. The zero-order valence-corrected chi connectivity index (χ0v) is 11.9. The number of aromatic nitrogens is 2. The van der Waals surface area contributed by atoms with E-state index in [1.54, 1.807) is 17.8 Å². The van der Waals surface area contributed by atoms with Crippen molar-refractivity contribution in [1.82, 2.24) is 9.78 Å². The topological polar surface area (TPSA) is 73.3 Å². The number of nitrogens with two attached hydrogens (primary N) is 1. The molecule has 96 valence electrons. The minimum absolute atomic E-state index is 0.0578. The number of anilines is 1. The number of phenols is 1. The number of ether oxygens (including phenoxy) is 1. The summed E-state index contributed by atoms with van der Waals surface area (Å²) in [5.41, 5.74) is 7.89. The summed E-state index contributed by atoms with van der Waals surface area (Å²) < 4.78 is 7.43. The van der Waals surface area contributed by atoms with Gasteiger partial charge in [-0.05, 0) is 34.5 Å².